The van der Waals surface area contributed by atoms with E-state index >= 15 is 0 Å². The van der Waals surface area contributed by atoms with Crippen LogP contribution in [0.25, 0.3) is 6.08 Å². The van der Waals surface area contributed by atoms with Gasteiger partial charge in [0, 0.05) is 44.8 Å². The summed E-state index contributed by atoms with van der Waals surface area (Å²) in [5, 5.41) is 19.1. The number of hydrogen-bond donors (Lipinski definition) is 1. The number of carbonyl (C=O) groups is 1. The van der Waals surface area contributed by atoms with Crippen molar-refractivity contribution in [2.45, 2.75) is 26.9 Å². The standard InChI is InChI=1S/C27H31N5O4S2/c1-4-31-24(30-11-9-29(10-12-30)13-14-33)21(18(2)22(16-28)25(31)34)15-23-26(35)32(27(37)38-23)17-19-5-7-20(36-3)8-6-19/h5-8,15,33H,4,9-14,17H2,1-3H3. The molecule has 2 saturated heterocycles. The largest absolute Gasteiger partial charge is 0.497 e. The Bertz CT molecular complexity index is 1360. The molecule has 4 rings (SSSR count). The molecule has 3 heterocycles. The van der Waals surface area contributed by atoms with E-state index in [0.29, 0.717) is 58.9 Å². The second kappa shape index (κ2) is 12.1. The lowest BCUT2D eigenvalue weighted by Gasteiger charge is -2.37. The van der Waals surface area contributed by atoms with E-state index in [1.807, 2.05) is 31.2 Å². The first-order chi connectivity index (χ1) is 18.3. The first-order valence-corrected chi connectivity index (χ1v) is 13.7. The van der Waals surface area contributed by atoms with E-state index in [0.717, 1.165) is 24.4 Å². The van der Waals surface area contributed by atoms with Gasteiger partial charge in [0.1, 0.15) is 27.5 Å². The average Bonchev–Trinajstić information content (AvgIpc) is 3.18. The number of β-amino-alcohol motifs (C(OH)–C–C–N with tert-alkyl or cyclic N) is 1. The van der Waals surface area contributed by atoms with Crippen molar-refractivity contribution in [2.75, 3.05) is 51.3 Å². The molecule has 0 radical (unpaired) electrons. The van der Waals surface area contributed by atoms with Crippen molar-refractivity contribution >= 4 is 46.1 Å². The number of aliphatic hydroxyl groups is 1. The highest BCUT2D eigenvalue weighted by atomic mass is 32.2. The highest BCUT2D eigenvalue weighted by Crippen LogP contribution is 2.37. The summed E-state index contributed by atoms with van der Waals surface area (Å²) in [5.41, 5.74) is 1.91. The van der Waals surface area contributed by atoms with Crippen LogP contribution < -0.4 is 15.2 Å². The van der Waals surface area contributed by atoms with Crippen molar-refractivity contribution < 1.29 is 14.6 Å². The van der Waals surface area contributed by atoms with Crippen molar-refractivity contribution in [3.63, 3.8) is 0 Å². The number of carbonyl (C=O) groups excluding carboxylic acids is 1. The number of aliphatic hydroxyl groups excluding tert-OH is 1. The van der Waals surface area contributed by atoms with Gasteiger partial charge in [-0.1, -0.05) is 36.1 Å². The number of piperazine rings is 1. The molecular formula is C27H31N5O4S2. The van der Waals surface area contributed by atoms with Gasteiger partial charge in [-0.2, -0.15) is 5.26 Å². The van der Waals surface area contributed by atoms with Crippen LogP contribution in [0.2, 0.25) is 0 Å². The van der Waals surface area contributed by atoms with Crippen molar-refractivity contribution in [3.8, 4) is 11.8 Å². The minimum atomic E-state index is -0.329. The van der Waals surface area contributed by atoms with E-state index in [9.17, 15) is 20.0 Å². The maximum Gasteiger partial charge on any atom is 0.270 e. The van der Waals surface area contributed by atoms with Crippen LogP contribution in [0.4, 0.5) is 5.82 Å². The lowest BCUT2D eigenvalue weighted by Crippen LogP contribution is -2.49. The molecule has 1 N–H and O–H groups in total. The molecule has 2 aliphatic rings. The highest BCUT2D eigenvalue weighted by Gasteiger charge is 2.33. The molecule has 11 heteroatoms. The summed E-state index contributed by atoms with van der Waals surface area (Å²) in [4.78, 5) is 33.0. The number of thiocarbonyl (C=S) groups is 1. The Morgan fingerprint density at radius 2 is 1.87 bits per heavy atom. The Hall–Kier alpha value is -3.17. The summed E-state index contributed by atoms with van der Waals surface area (Å²) in [6.07, 6.45) is 1.78. The molecule has 9 nitrogen and oxygen atoms in total. The molecule has 200 valence electrons. The molecule has 2 aliphatic heterocycles. The monoisotopic (exact) mass is 553 g/mol. The second-order valence-electron chi connectivity index (χ2n) is 9.07. The molecule has 38 heavy (non-hydrogen) atoms. The topological polar surface area (TPSA) is 102 Å². The van der Waals surface area contributed by atoms with Crippen LogP contribution in [-0.4, -0.2) is 76.1 Å². The minimum absolute atomic E-state index is 0.0782. The lowest BCUT2D eigenvalue weighted by molar-refractivity contribution is -0.122. The maximum absolute atomic E-state index is 13.5. The van der Waals surface area contributed by atoms with Crippen LogP contribution in [-0.2, 0) is 17.9 Å². The fraction of sp³-hybridized carbons (Fsp3) is 0.407. The SMILES string of the molecule is CCn1c(N2CCN(CCO)CC2)c(C=C2SC(=S)N(Cc3ccc(OC)cc3)C2=O)c(C)c(C#N)c1=O. The Morgan fingerprint density at radius 1 is 1.18 bits per heavy atom. The number of nitriles is 1. The minimum Gasteiger partial charge on any atom is -0.497 e. The van der Waals surface area contributed by atoms with Crippen LogP contribution in [0.1, 0.15) is 29.2 Å². The number of aromatic nitrogens is 1. The number of nitrogens with zero attached hydrogens (tertiary/aromatic N) is 5. The summed E-state index contributed by atoms with van der Waals surface area (Å²) < 4.78 is 7.30. The number of amides is 1. The fourth-order valence-corrected chi connectivity index (χ4v) is 6.02. The van der Waals surface area contributed by atoms with Crippen molar-refractivity contribution in [1.29, 1.82) is 5.26 Å². The predicted molar refractivity (Wildman–Crippen MR) is 153 cm³/mol. The van der Waals surface area contributed by atoms with Crippen LogP contribution in [0, 0.1) is 18.3 Å². The molecule has 0 spiro atoms. The third-order valence-corrected chi connectivity index (χ3v) is 8.28. The first kappa shape index (κ1) is 27.9. The number of methoxy groups -OCH3 is 1. The Morgan fingerprint density at radius 3 is 2.45 bits per heavy atom. The zero-order valence-corrected chi connectivity index (χ0v) is 23.4. The summed E-state index contributed by atoms with van der Waals surface area (Å²) in [6, 6.07) is 9.56. The van der Waals surface area contributed by atoms with Gasteiger partial charge in [-0.15, -0.1) is 0 Å². The van der Waals surface area contributed by atoms with E-state index in [1.165, 1.54) is 11.8 Å². The van der Waals surface area contributed by atoms with E-state index < -0.39 is 0 Å². The molecule has 0 bridgehead atoms. The normalized spacial score (nSPS) is 17.4. The van der Waals surface area contributed by atoms with Gasteiger partial charge < -0.3 is 14.7 Å². The van der Waals surface area contributed by atoms with Crippen molar-refractivity contribution in [3.05, 3.63) is 61.8 Å². The van der Waals surface area contributed by atoms with Crippen LogP contribution >= 0.6 is 24.0 Å². The van der Waals surface area contributed by atoms with Crippen molar-refractivity contribution in [2.24, 2.45) is 0 Å². The number of benzene rings is 1. The Balaban J connectivity index is 1.73. The summed E-state index contributed by atoms with van der Waals surface area (Å²) >= 11 is 6.79. The molecule has 1 amide bonds. The van der Waals surface area contributed by atoms with E-state index in [-0.39, 0.29) is 23.6 Å². The molecule has 0 atom stereocenters. The zero-order chi connectivity index (χ0) is 27.4. The van der Waals surface area contributed by atoms with E-state index in [2.05, 4.69) is 15.9 Å². The van der Waals surface area contributed by atoms with Gasteiger partial charge in [-0.25, -0.2) is 0 Å². The third kappa shape index (κ3) is 5.49. The summed E-state index contributed by atoms with van der Waals surface area (Å²) in [7, 11) is 1.60. The second-order valence-corrected chi connectivity index (χ2v) is 10.7. The smallest absolute Gasteiger partial charge is 0.270 e. The zero-order valence-electron chi connectivity index (χ0n) is 21.8. The average molecular weight is 554 g/mol. The van der Waals surface area contributed by atoms with Crippen LogP contribution in [0.5, 0.6) is 5.75 Å². The third-order valence-electron chi connectivity index (χ3n) is 6.90. The Labute approximate surface area is 231 Å². The molecule has 2 aromatic rings. The number of ether oxygens (including phenoxy) is 1. The molecule has 1 aromatic heterocycles. The molecular weight excluding hydrogens is 522 g/mol. The lowest BCUT2D eigenvalue weighted by atomic mass is 10.0. The number of thioether (sulfide) groups is 1. The Kier molecular flexibility index (Phi) is 8.89. The molecule has 0 unspecified atom stereocenters. The number of hydrogen-bond acceptors (Lipinski definition) is 9. The van der Waals surface area contributed by atoms with E-state index in [1.54, 1.807) is 29.6 Å². The van der Waals surface area contributed by atoms with Gasteiger partial charge in [-0.3, -0.25) is 24.0 Å². The van der Waals surface area contributed by atoms with Gasteiger partial charge in [-0.05, 0) is 43.2 Å². The van der Waals surface area contributed by atoms with Gasteiger partial charge in [0.2, 0.25) is 0 Å². The molecule has 2 fully saturated rings. The van der Waals surface area contributed by atoms with Crippen LogP contribution in [0.15, 0.2) is 34.0 Å². The molecule has 0 saturated carbocycles. The summed E-state index contributed by atoms with van der Waals surface area (Å²) in [6.45, 7) is 7.85. The van der Waals surface area contributed by atoms with Gasteiger partial charge in [0.05, 0.1) is 25.2 Å². The summed E-state index contributed by atoms with van der Waals surface area (Å²) in [5.74, 6) is 1.23. The maximum atomic E-state index is 13.5. The van der Waals surface area contributed by atoms with Gasteiger partial charge in [0.25, 0.3) is 11.5 Å². The number of pyridine rings is 1. The van der Waals surface area contributed by atoms with Crippen molar-refractivity contribution in [1.82, 2.24) is 14.4 Å². The fourth-order valence-electron chi connectivity index (χ4n) is 4.78. The van der Waals surface area contributed by atoms with Gasteiger partial charge in [0.15, 0.2) is 0 Å². The molecule has 0 aliphatic carbocycles. The van der Waals surface area contributed by atoms with E-state index in [4.69, 9.17) is 17.0 Å². The number of anilines is 1. The number of rotatable bonds is 8. The predicted octanol–water partition coefficient (Wildman–Crippen LogP) is 2.57. The molecule has 1 aromatic carbocycles. The van der Waals surface area contributed by atoms with Crippen LogP contribution in [0.3, 0.4) is 0 Å². The van der Waals surface area contributed by atoms with Gasteiger partial charge >= 0.3 is 0 Å². The quantitative estimate of drug-likeness (QED) is 0.390. The highest BCUT2D eigenvalue weighted by molar-refractivity contribution is 8.26. The first-order valence-electron chi connectivity index (χ1n) is 12.5.